The first-order chi connectivity index (χ1) is 31.5. The van der Waals surface area contributed by atoms with Gasteiger partial charge in [0.05, 0.1) is 72.7 Å². The first-order valence-corrected chi connectivity index (χ1v) is 22.8. The lowest BCUT2D eigenvalue weighted by Crippen LogP contribution is -2.34. The van der Waals surface area contributed by atoms with Crippen molar-refractivity contribution in [1.82, 2.24) is 19.5 Å². The average molecular weight is 1030 g/mol. The second-order valence-electron chi connectivity index (χ2n) is 13.7. The summed E-state index contributed by atoms with van der Waals surface area (Å²) in [5.41, 5.74) is 9.76. The van der Waals surface area contributed by atoms with Gasteiger partial charge in [-0.3, -0.25) is 4.18 Å². The summed E-state index contributed by atoms with van der Waals surface area (Å²) >= 11 is 2.19. The van der Waals surface area contributed by atoms with E-state index in [4.69, 9.17) is 49.9 Å². The van der Waals surface area contributed by atoms with Crippen molar-refractivity contribution in [2.24, 2.45) is 5.14 Å². The van der Waals surface area contributed by atoms with E-state index in [1.165, 1.54) is 0 Å². The lowest BCUT2D eigenvalue weighted by atomic mass is 9.80. The molecular weight excluding hydrogens is 982 g/mol. The topological polar surface area (TPSA) is 255 Å². The largest absolute Gasteiger partial charge is 0.454 e. The summed E-state index contributed by atoms with van der Waals surface area (Å²) in [6.45, 7) is 2.19. The van der Waals surface area contributed by atoms with Crippen molar-refractivity contribution < 1.29 is 60.7 Å². The molecule has 18 nitrogen and oxygen atoms in total. The van der Waals surface area contributed by atoms with Gasteiger partial charge in [0.2, 0.25) is 6.79 Å². The van der Waals surface area contributed by atoms with E-state index in [1.54, 1.807) is 4.57 Å². The van der Waals surface area contributed by atoms with Gasteiger partial charge >= 0.3 is 16.4 Å². The summed E-state index contributed by atoms with van der Waals surface area (Å²) in [5.74, 6) is 1.79. The zero-order valence-electron chi connectivity index (χ0n) is 35.3. The van der Waals surface area contributed by atoms with Crippen LogP contribution >= 0.6 is 22.6 Å². The predicted molar refractivity (Wildman–Crippen MR) is 246 cm³/mol. The van der Waals surface area contributed by atoms with Gasteiger partial charge in [-0.2, -0.15) is 22.8 Å². The molecule has 0 bridgehead atoms. The zero-order chi connectivity index (χ0) is 46.5. The number of aliphatic hydroxyl groups excluding tert-OH is 3. The molecule has 350 valence electrons. The van der Waals surface area contributed by atoms with Gasteiger partial charge in [0.15, 0.2) is 28.5 Å². The van der Waals surface area contributed by atoms with Gasteiger partial charge in [-0.05, 0) is 57.0 Å². The van der Waals surface area contributed by atoms with E-state index < -0.39 is 22.0 Å². The molecule has 0 unspecified atom stereocenters. The lowest BCUT2D eigenvalue weighted by molar-refractivity contribution is -0.0282. The number of aliphatic hydroxyl groups is 3. The van der Waals surface area contributed by atoms with Crippen LogP contribution in [0.1, 0.15) is 28.1 Å². The van der Waals surface area contributed by atoms with Crippen molar-refractivity contribution >= 4 is 49.9 Å². The maximum Gasteiger partial charge on any atom is 0.333 e. The third-order valence-electron chi connectivity index (χ3n) is 9.29. The highest BCUT2D eigenvalue weighted by molar-refractivity contribution is 14.1. The molecule has 0 saturated carbocycles. The molecule has 6 aromatic rings. The van der Waals surface area contributed by atoms with Crippen molar-refractivity contribution in [1.29, 1.82) is 0 Å². The molecule has 65 heavy (non-hydrogen) atoms. The quantitative estimate of drug-likeness (QED) is 0.0281. The van der Waals surface area contributed by atoms with Crippen molar-refractivity contribution in [3.8, 4) is 11.5 Å². The fourth-order valence-corrected chi connectivity index (χ4v) is 7.49. The average Bonchev–Trinajstić information content (AvgIpc) is 3.91. The molecule has 0 amide bonds. The van der Waals surface area contributed by atoms with Crippen LogP contribution in [0.15, 0.2) is 103 Å². The molecule has 0 fully saturated rings. The number of benzene rings is 4. The SMILES string of the molecule is Nc1nc(F)nc2c1nc(Cc1cc3c(cc1I)OCO3)n2CCOCCOS(N)(=O)=O.OCCOCCO.OCCOCCOC(c1ccccc1)(c1ccccc1)c1ccccc1. The van der Waals surface area contributed by atoms with Crippen LogP contribution in [0, 0.1) is 9.65 Å². The molecule has 0 radical (unpaired) electrons. The number of aromatic nitrogens is 4. The molecular formula is C44H52FIN6O12S. The molecule has 0 atom stereocenters. The number of ether oxygens (including phenoxy) is 6. The van der Waals surface area contributed by atoms with Crippen LogP contribution < -0.4 is 20.3 Å². The van der Waals surface area contributed by atoms with E-state index in [9.17, 15) is 12.8 Å². The van der Waals surface area contributed by atoms with Crippen LogP contribution in [0.5, 0.6) is 11.5 Å². The van der Waals surface area contributed by atoms with Crippen LogP contribution in [-0.2, 0) is 52.0 Å². The Morgan fingerprint density at radius 3 is 1.75 bits per heavy atom. The number of nitrogen functional groups attached to an aromatic ring is 1. The number of imidazole rings is 1. The van der Waals surface area contributed by atoms with E-state index in [-0.39, 0.29) is 70.0 Å². The minimum atomic E-state index is -4.03. The number of halogens is 2. The maximum atomic E-state index is 13.8. The van der Waals surface area contributed by atoms with Gasteiger partial charge in [-0.1, -0.05) is 91.0 Å². The van der Waals surface area contributed by atoms with E-state index >= 15 is 0 Å². The Balaban J connectivity index is 0.000000216. The first-order valence-electron chi connectivity index (χ1n) is 20.3. The molecule has 7 rings (SSSR count). The number of nitrogens with two attached hydrogens (primary N) is 2. The summed E-state index contributed by atoms with van der Waals surface area (Å²) in [5, 5.41) is 29.8. The van der Waals surface area contributed by atoms with Gasteiger partial charge in [-0.15, -0.1) is 0 Å². The highest BCUT2D eigenvalue weighted by atomic mass is 127. The number of anilines is 1. The Labute approximate surface area is 389 Å². The number of rotatable bonds is 22. The van der Waals surface area contributed by atoms with Crippen LogP contribution in [0.3, 0.4) is 0 Å². The van der Waals surface area contributed by atoms with Gasteiger partial charge < -0.3 is 54.0 Å². The third kappa shape index (κ3) is 15.1. The van der Waals surface area contributed by atoms with E-state index in [0.29, 0.717) is 56.8 Å². The Kier molecular flexibility index (Phi) is 20.6. The van der Waals surface area contributed by atoms with E-state index in [0.717, 1.165) is 25.8 Å². The Bertz CT molecular complexity index is 2360. The fourth-order valence-electron chi connectivity index (χ4n) is 6.56. The van der Waals surface area contributed by atoms with Crippen molar-refractivity contribution in [2.45, 2.75) is 18.6 Å². The smallest absolute Gasteiger partial charge is 0.333 e. The summed E-state index contributed by atoms with van der Waals surface area (Å²) in [6.07, 6.45) is -0.594. The summed E-state index contributed by atoms with van der Waals surface area (Å²) in [6, 6.07) is 34.5. The van der Waals surface area contributed by atoms with Crippen LogP contribution in [0.4, 0.5) is 10.2 Å². The molecule has 0 saturated heterocycles. The molecule has 0 spiro atoms. The van der Waals surface area contributed by atoms with Crippen molar-refractivity contribution in [2.75, 3.05) is 85.2 Å². The normalized spacial score (nSPS) is 12.1. The molecule has 0 aliphatic carbocycles. The minimum absolute atomic E-state index is 0.00998. The third-order valence-corrected chi connectivity index (χ3v) is 10.8. The highest BCUT2D eigenvalue weighted by Gasteiger charge is 2.37. The standard InChI is InChI=1S/C23H24O3.C17H18FIN6O6S.C4H10O3/c24-16-17-25-18-19-26-23(20-10-4-1-5-11-20,21-12-6-2-7-13-21)22-14-8-3-9-15-22;18-17-23-15(20)14-16(24-17)25(1-2-28-3-4-31-32(21,26)27)13(22-14)6-9-5-11-12(7-10(9)19)30-8-29-11;5-1-3-7-4-2-6/h1-15,24H,16-19H2;5,7H,1-4,6,8H2,(H2,20,23,24)(H2,21,26,27);5-6H,1-4H2. The molecule has 1 aliphatic rings. The number of hydrogen-bond acceptors (Lipinski definition) is 16. The van der Waals surface area contributed by atoms with Crippen LogP contribution in [0.25, 0.3) is 11.2 Å². The summed E-state index contributed by atoms with van der Waals surface area (Å²) in [4.78, 5) is 11.9. The summed E-state index contributed by atoms with van der Waals surface area (Å²) < 4.78 is 75.3. The molecule has 21 heteroatoms. The van der Waals surface area contributed by atoms with E-state index in [1.807, 2.05) is 66.7 Å². The van der Waals surface area contributed by atoms with Crippen LogP contribution in [-0.4, -0.2) is 123 Å². The maximum absolute atomic E-state index is 13.8. The Hall–Kier alpha value is -4.92. The minimum Gasteiger partial charge on any atom is -0.454 e. The van der Waals surface area contributed by atoms with Gasteiger partial charge in [-0.25, -0.2) is 10.1 Å². The van der Waals surface area contributed by atoms with Crippen molar-refractivity contribution in [3.05, 3.63) is 141 Å². The lowest BCUT2D eigenvalue weighted by Gasteiger charge is -2.36. The van der Waals surface area contributed by atoms with Gasteiger partial charge in [0, 0.05) is 16.5 Å². The molecule has 4 aromatic carbocycles. The second kappa shape index (κ2) is 26.3. The fraction of sp³-hybridized carbons (Fsp3) is 0.341. The summed E-state index contributed by atoms with van der Waals surface area (Å²) in [7, 11) is -4.03. The predicted octanol–water partition coefficient (Wildman–Crippen LogP) is 3.70. The zero-order valence-corrected chi connectivity index (χ0v) is 38.3. The second-order valence-corrected chi connectivity index (χ2v) is 16.0. The monoisotopic (exact) mass is 1030 g/mol. The van der Waals surface area contributed by atoms with Crippen LogP contribution in [0.2, 0.25) is 0 Å². The molecule has 3 heterocycles. The molecule has 2 aromatic heterocycles. The Morgan fingerprint density at radius 1 is 0.708 bits per heavy atom. The van der Waals surface area contributed by atoms with Gasteiger partial charge in [0.25, 0.3) is 0 Å². The first kappa shape index (κ1) is 51.1. The number of hydrogen-bond donors (Lipinski definition) is 5. The van der Waals surface area contributed by atoms with Crippen molar-refractivity contribution in [3.63, 3.8) is 0 Å². The van der Waals surface area contributed by atoms with Gasteiger partial charge in [0.1, 0.15) is 11.4 Å². The number of fused-ring (bicyclic) bond motifs is 2. The van der Waals surface area contributed by atoms with E-state index in [2.05, 4.69) is 82.9 Å². The molecule has 1 aliphatic heterocycles. The Morgan fingerprint density at radius 2 is 1.22 bits per heavy atom. The highest BCUT2D eigenvalue weighted by Crippen LogP contribution is 2.40. The molecule has 7 N–H and O–H groups in total. The number of nitrogens with zero attached hydrogens (tertiary/aromatic N) is 4.